The van der Waals surface area contributed by atoms with Gasteiger partial charge < -0.3 is 24.8 Å². The fourth-order valence-electron chi connectivity index (χ4n) is 5.86. The van der Waals surface area contributed by atoms with Crippen LogP contribution < -0.4 is 14.8 Å². The van der Waals surface area contributed by atoms with Crippen molar-refractivity contribution in [2.45, 2.75) is 31.0 Å². The molecule has 234 valence electrons. The highest BCUT2D eigenvalue weighted by atomic mass is 16.5. The molecule has 5 aromatic rings. The molecule has 11 nitrogen and oxygen atoms in total. The molecule has 2 N–H and O–H groups in total. The van der Waals surface area contributed by atoms with Crippen molar-refractivity contribution in [3.63, 3.8) is 0 Å². The fraction of sp³-hybridized carbons (Fsp3) is 0.229. The number of carboxylic acid groups (broad SMARTS) is 1. The van der Waals surface area contributed by atoms with Crippen LogP contribution in [0.1, 0.15) is 45.7 Å². The van der Waals surface area contributed by atoms with Gasteiger partial charge in [-0.15, -0.1) is 15.0 Å². The predicted molar refractivity (Wildman–Crippen MR) is 170 cm³/mol. The molecular weight excluding hydrogens is 584 g/mol. The first kappa shape index (κ1) is 30.3. The summed E-state index contributed by atoms with van der Waals surface area (Å²) in [4.78, 5) is 27.4. The average Bonchev–Trinajstić information content (AvgIpc) is 3.58. The van der Waals surface area contributed by atoms with E-state index in [2.05, 4.69) is 52.0 Å². The van der Waals surface area contributed by atoms with Gasteiger partial charge in [0.05, 0.1) is 7.11 Å². The van der Waals surface area contributed by atoms with E-state index in [0.29, 0.717) is 48.8 Å². The molecule has 1 aliphatic heterocycles. The molecule has 0 bridgehead atoms. The predicted octanol–water partition coefficient (Wildman–Crippen LogP) is 4.97. The third-order valence-electron chi connectivity index (χ3n) is 8.18. The van der Waals surface area contributed by atoms with Crippen molar-refractivity contribution in [2.24, 2.45) is 0 Å². The molecule has 1 aliphatic rings. The molecule has 4 aromatic carbocycles. The standard InChI is InChI=1S/C35H34N6O5/c1-45-30-21-25(33(42)36-29-17-19-40(20-18-29)34(43)44)22-31(23-30)46-24-32-37-39-41(38-32)35(26-11-5-2-6-12-26,27-13-7-3-8-14-27)28-15-9-4-10-16-28/h2-16,21-23,29H,17-20,24H2,1H3,(H,36,42)(H,43,44). The molecule has 0 radical (unpaired) electrons. The summed E-state index contributed by atoms with van der Waals surface area (Å²) in [5, 5.41) is 26.0. The summed E-state index contributed by atoms with van der Waals surface area (Å²) in [5.74, 6) is 0.921. The number of rotatable bonds is 10. The molecule has 0 aliphatic carbocycles. The Bertz CT molecular complexity index is 1680. The van der Waals surface area contributed by atoms with Gasteiger partial charge in [-0.2, -0.15) is 0 Å². The lowest BCUT2D eigenvalue weighted by molar-refractivity contribution is 0.0906. The largest absolute Gasteiger partial charge is 0.497 e. The molecule has 2 heterocycles. The maximum Gasteiger partial charge on any atom is 0.407 e. The van der Waals surface area contributed by atoms with Gasteiger partial charge in [0.2, 0.25) is 5.82 Å². The molecule has 2 amide bonds. The van der Waals surface area contributed by atoms with Crippen LogP contribution >= 0.6 is 0 Å². The Morgan fingerprint density at radius 3 is 1.91 bits per heavy atom. The highest BCUT2D eigenvalue weighted by Gasteiger charge is 2.41. The molecule has 0 saturated carbocycles. The van der Waals surface area contributed by atoms with Gasteiger partial charge in [0.15, 0.2) is 12.1 Å². The minimum Gasteiger partial charge on any atom is -0.497 e. The number of aromatic nitrogens is 4. The zero-order chi connectivity index (χ0) is 31.9. The first-order valence-electron chi connectivity index (χ1n) is 15.0. The first-order valence-corrected chi connectivity index (χ1v) is 15.0. The molecule has 1 saturated heterocycles. The topological polar surface area (TPSA) is 132 Å². The lowest BCUT2D eigenvalue weighted by Crippen LogP contribution is -2.46. The number of hydrogen-bond donors (Lipinski definition) is 2. The molecule has 1 fully saturated rings. The third-order valence-corrected chi connectivity index (χ3v) is 8.18. The van der Waals surface area contributed by atoms with E-state index in [0.717, 1.165) is 16.7 Å². The zero-order valence-electron chi connectivity index (χ0n) is 25.3. The molecule has 46 heavy (non-hydrogen) atoms. The van der Waals surface area contributed by atoms with Crippen molar-refractivity contribution >= 4 is 12.0 Å². The number of benzene rings is 4. The van der Waals surface area contributed by atoms with Crippen molar-refractivity contribution in [3.8, 4) is 11.5 Å². The molecule has 6 rings (SSSR count). The lowest BCUT2D eigenvalue weighted by atomic mass is 9.77. The second-order valence-electron chi connectivity index (χ2n) is 11.0. The number of methoxy groups -OCH3 is 1. The Morgan fingerprint density at radius 1 is 0.848 bits per heavy atom. The molecule has 0 unspecified atom stereocenters. The van der Waals surface area contributed by atoms with E-state index in [9.17, 15) is 14.7 Å². The van der Waals surface area contributed by atoms with Gasteiger partial charge in [-0.25, -0.2) is 4.79 Å². The Balaban J connectivity index is 1.25. The minimum absolute atomic E-state index is 0.00365. The summed E-state index contributed by atoms with van der Waals surface area (Å²) < 4.78 is 11.5. The summed E-state index contributed by atoms with van der Waals surface area (Å²) in [6.07, 6.45) is 0.145. The van der Waals surface area contributed by atoms with Crippen LogP contribution in [-0.4, -0.2) is 68.5 Å². The summed E-state index contributed by atoms with van der Waals surface area (Å²) >= 11 is 0. The number of hydrogen-bond acceptors (Lipinski definition) is 7. The van der Waals surface area contributed by atoms with Crippen LogP contribution in [-0.2, 0) is 12.1 Å². The summed E-state index contributed by atoms with van der Waals surface area (Å²) in [7, 11) is 1.52. The number of carbonyl (C=O) groups excluding carboxylic acids is 1. The maximum absolute atomic E-state index is 13.2. The van der Waals surface area contributed by atoms with Gasteiger partial charge in [0, 0.05) is 30.8 Å². The number of ether oxygens (including phenoxy) is 2. The smallest absolute Gasteiger partial charge is 0.407 e. The second kappa shape index (κ2) is 13.5. The quantitative estimate of drug-likeness (QED) is 0.210. The highest BCUT2D eigenvalue weighted by molar-refractivity contribution is 5.95. The number of tetrazole rings is 1. The van der Waals surface area contributed by atoms with Gasteiger partial charge in [0.25, 0.3) is 5.91 Å². The number of nitrogens with zero attached hydrogens (tertiary/aromatic N) is 5. The van der Waals surface area contributed by atoms with E-state index in [-0.39, 0.29) is 18.6 Å². The highest BCUT2D eigenvalue weighted by Crippen LogP contribution is 2.39. The molecule has 1 aromatic heterocycles. The number of carbonyl (C=O) groups is 2. The van der Waals surface area contributed by atoms with E-state index in [1.165, 1.54) is 12.0 Å². The van der Waals surface area contributed by atoms with Gasteiger partial charge >= 0.3 is 6.09 Å². The monoisotopic (exact) mass is 618 g/mol. The Kier molecular flexibility index (Phi) is 8.91. The van der Waals surface area contributed by atoms with Crippen molar-refractivity contribution < 1.29 is 24.2 Å². The normalized spacial score (nSPS) is 13.6. The number of piperidine rings is 1. The van der Waals surface area contributed by atoms with E-state index in [1.807, 2.05) is 54.6 Å². The summed E-state index contributed by atoms with van der Waals surface area (Å²) in [5.41, 5.74) is 2.36. The number of likely N-dealkylation sites (tertiary alicyclic amines) is 1. The van der Waals surface area contributed by atoms with E-state index >= 15 is 0 Å². The molecule has 11 heteroatoms. The van der Waals surface area contributed by atoms with Crippen molar-refractivity contribution in [1.29, 1.82) is 0 Å². The van der Waals surface area contributed by atoms with E-state index in [1.54, 1.807) is 23.0 Å². The van der Waals surface area contributed by atoms with Crippen molar-refractivity contribution in [3.05, 3.63) is 137 Å². The van der Waals surface area contributed by atoms with Gasteiger partial charge in [-0.3, -0.25) is 4.79 Å². The lowest BCUT2D eigenvalue weighted by Gasteiger charge is -2.34. The van der Waals surface area contributed by atoms with Crippen LogP contribution in [0.5, 0.6) is 11.5 Å². The maximum atomic E-state index is 13.2. The minimum atomic E-state index is -0.945. The van der Waals surface area contributed by atoms with Gasteiger partial charge in [-0.1, -0.05) is 91.0 Å². The Hall–Kier alpha value is -5.71. The molecular formula is C35H34N6O5. The number of amides is 2. The Morgan fingerprint density at radius 2 is 1.39 bits per heavy atom. The van der Waals surface area contributed by atoms with Gasteiger partial charge in [0.1, 0.15) is 11.5 Å². The average molecular weight is 619 g/mol. The summed E-state index contributed by atoms with van der Waals surface area (Å²) in [6, 6.07) is 35.0. The van der Waals surface area contributed by atoms with Crippen LogP contribution in [0.25, 0.3) is 0 Å². The summed E-state index contributed by atoms with van der Waals surface area (Å²) in [6.45, 7) is 0.747. The van der Waals surface area contributed by atoms with E-state index in [4.69, 9.17) is 14.6 Å². The molecule has 0 spiro atoms. The Labute approximate surface area is 266 Å². The van der Waals surface area contributed by atoms with Crippen LogP contribution in [0.2, 0.25) is 0 Å². The molecule has 0 atom stereocenters. The van der Waals surface area contributed by atoms with Crippen molar-refractivity contribution in [1.82, 2.24) is 30.4 Å². The third kappa shape index (κ3) is 6.25. The van der Waals surface area contributed by atoms with Crippen LogP contribution in [0.15, 0.2) is 109 Å². The van der Waals surface area contributed by atoms with Crippen LogP contribution in [0.3, 0.4) is 0 Å². The second-order valence-corrected chi connectivity index (χ2v) is 11.0. The van der Waals surface area contributed by atoms with Crippen LogP contribution in [0.4, 0.5) is 4.79 Å². The van der Waals surface area contributed by atoms with E-state index < -0.39 is 11.6 Å². The van der Waals surface area contributed by atoms with Gasteiger partial charge in [-0.05, 0) is 46.9 Å². The number of nitrogens with one attached hydrogen (secondary N) is 1. The SMILES string of the molecule is COc1cc(OCc2nnn(C(c3ccccc3)(c3ccccc3)c3ccccc3)n2)cc(C(=O)NC2CCN(C(=O)O)CC2)c1. The van der Waals surface area contributed by atoms with Crippen LogP contribution in [0, 0.1) is 0 Å². The zero-order valence-corrected chi connectivity index (χ0v) is 25.3. The fourth-order valence-corrected chi connectivity index (χ4v) is 5.86. The van der Waals surface area contributed by atoms with Crippen molar-refractivity contribution in [2.75, 3.05) is 20.2 Å². The first-order chi connectivity index (χ1) is 22.5.